The molecule has 8 nitrogen and oxygen atoms in total. The van der Waals surface area contributed by atoms with Gasteiger partial charge in [0, 0.05) is 31.7 Å². The molecule has 0 radical (unpaired) electrons. The van der Waals surface area contributed by atoms with Gasteiger partial charge < -0.3 is 15.0 Å². The van der Waals surface area contributed by atoms with Gasteiger partial charge in [-0.15, -0.1) is 0 Å². The van der Waals surface area contributed by atoms with Crippen molar-refractivity contribution >= 4 is 28.4 Å². The quantitative estimate of drug-likeness (QED) is 0.636. The Kier molecular flexibility index (Phi) is 5.89. The van der Waals surface area contributed by atoms with Crippen LogP contribution in [0, 0.1) is 18.7 Å². The number of methoxy groups -OCH3 is 1. The first-order valence-corrected chi connectivity index (χ1v) is 10.3. The van der Waals surface area contributed by atoms with E-state index in [9.17, 15) is 18.8 Å². The van der Waals surface area contributed by atoms with Gasteiger partial charge >= 0.3 is 0 Å². The Hall–Kier alpha value is -3.75. The molecule has 0 saturated carbocycles. The van der Waals surface area contributed by atoms with Gasteiger partial charge in [-0.05, 0) is 49.4 Å². The summed E-state index contributed by atoms with van der Waals surface area (Å²) in [5.74, 6) is -0.196. The number of amides is 2. The van der Waals surface area contributed by atoms with Crippen LogP contribution >= 0.6 is 0 Å². The zero-order valence-electron chi connectivity index (χ0n) is 17.8. The van der Waals surface area contributed by atoms with E-state index in [1.165, 1.54) is 16.7 Å². The fraction of sp³-hybridized carbons (Fsp3) is 0.304. The second kappa shape index (κ2) is 8.78. The van der Waals surface area contributed by atoms with Crippen molar-refractivity contribution in [1.82, 2.24) is 14.9 Å². The summed E-state index contributed by atoms with van der Waals surface area (Å²) in [6, 6.07) is 11.0. The van der Waals surface area contributed by atoms with Crippen molar-refractivity contribution in [3.05, 3.63) is 64.5 Å². The van der Waals surface area contributed by atoms with E-state index in [1.54, 1.807) is 43.2 Å². The third-order valence-corrected chi connectivity index (χ3v) is 5.62. The number of hydrogen-bond acceptors (Lipinski definition) is 5. The van der Waals surface area contributed by atoms with Gasteiger partial charge in [-0.25, -0.2) is 9.37 Å². The summed E-state index contributed by atoms with van der Waals surface area (Å²) in [4.78, 5) is 43.7. The van der Waals surface area contributed by atoms with Gasteiger partial charge in [-0.2, -0.15) is 0 Å². The van der Waals surface area contributed by atoms with Crippen LogP contribution in [0.1, 0.15) is 12.2 Å². The fourth-order valence-corrected chi connectivity index (χ4v) is 3.90. The Labute approximate surface area is 183 Å². The van der Waals surface area contributed by atoms with Gasteiger partial charge in [0.15, 0.2) is 0 Å². The van der Waals surface area contributed by atoms with Gasteiger partial charge in [0.2, 0.25) is 11.8 Å². The summed E-state index contributed by atoms with van der Waals surface area (Å²) in [5, 5.41) is 2.99. The van der Waals surface area contributed by atoms with Gasteiger partial charge in [0.25, 0.3) is 5.56 Å². The molecule has 166 valence electrons. The molecular weight excluding hydrogens is 415 g/mol. The highest BCUT2D eigenvalue weighted by molar-refractivity contribution is 6.00. The van der Waals surface area contributed by atoms with Crippen molar-refractivity contribution in [3.8, 4) is 5.75 Å². The van der Waals surface area contributed by atoms with Gasteiger partial charge in [0.05, 0.1) is 23.9 Å². The number of nitrogens with zero attached hydrogens (tertiary/aromatic N) is 3. The lowest BCUT2D eigenvalue weighted by atomic mass is 10.1. The van der Waals surface area contributed by atoms with E-state index in [0.29, 0.717) is 22.8 Å². The standard InChI is InChI=1S/C23H23FN4O4/c1-14-26-20-8-3-16(24)12-19(20)23(31)27(14)10-9-25-22(30)15-11-21(29)28(13-15)17-4-6-18(32-2)7-5-17/h3-8,12,15H,9-11,13H2,1-2H3,(H,25,30). The van der Waals surface area contributed by atoms with Crippen LogP contribution in [-0.4, -0.2) is 41.6 Å². The van der Waals surface area contributed by atoms with Crippen molar-refractivity contribution in [2.24, 2.45) is 5.92 Å². The summed E-state index contributed by atoms with van der Waals surface area (Å²) >= 11 is 0. The number of ether oxygens (including phenoxy) is 1. The van der Waals surface area contributed by atoms with Crippen molar-refractivity contribution < 1.29 is 18.7 Å². The van der Waals surface area contributed by atoms with Gasteiger partial charge in [0.1, 0.15) is 17.4 Å². The monoisotopic (exact) mass is 438 g/mol. The normalized spacial score (nSPS) is 15.9. The molecule has 4 rings (SSSR count). The fourth-order valence-electron chi connectivity index (χ4n) is 3.90. The summed E-state index contributed by atoms with van der Waals surface area (Å²) in [6.45, 7) is 2.36. The van der Waals surface area contributed by atoms with Crippen molar-refractivity contribution in [2.45, 2.75) is 19.9 Å². The number of anilines is 1. The van der Waals surface area contributed by atoms with Gasteiger partial charge in [-0.3, -0.25) is 19.0 Å². The molecule has 0 bridgehead atoms. The van der Waals surface area contributed by atoms with Crippen LogP contribution in [0.5, 0.6) is 5.75 Å². The molecule has 1 atom stereocenters. The molecule has 2 aromatic carbocycles. The average molecular weight is 438 g/mol. The number of nitrogens with one attached hydrogen (secondary N) is 1. The van der Waals surface area contributed by atoms with Crippen LogP contribution in [-0.2, 0) is 16.1 Å². The van der Waals surface area contributed by atoms with E-state index < -0.39 is 11.7 Å². The maximum atomic E-state index is 13.5. The number of aromatic nitrogens is 2. The van der Waals surface area contributed by atoms with E-state index in [0.717, 1.165) is 6.07 Å². The minimum absolute atomic E-state index is 0.119. The highest BCUT2D eigenvalue weighted by atomic mass is 19.1. The summed E-state index contributed by atoms with van der Waals surface area (Å²) in [6.07, 6.45) is 0.119. The first kappa shape index (κ1) is 21.5. The Morgan fingerprint density at radius 3 is 2.69 bits per heavy atom. The topological polar surface area (TPSA) is 93.5 Å². The number of hydrogen-bond donors (Lipinski definition) is 1. The van der Waals surface area contributed by atoms with Crippen LogP contribution in [0.3, 0.4) is 0 Å². The average Bonchev–Trinajstić information content (AvgIpc) is 3.18. The molecule has 0 aliphatic carbocycles. The number of carbonyl (C=O) groups excluding carboxylic acids is 2. The van der Waals surface area contributed by atoms with E-state index in [2.05, 4.69) is 10.3 Å². The highest BCUT2D eigenvalue weighted by Gasteiger charge is 2.35. The maximum absolute atomic E-state index is 13.5. The molecule has 0 spiro atoms. The molecule has 1 unspecified atom stereocenters. The predicted octanol–water partition coefficient (Wildman–Crippen LogP) is 2.02. The van der Waals surface area contributed by atoms with E-state index in [-0.39, 0.29) is 48.8 Å². The summed E-state index contributed by atoms with van der Waals surface area (Å²) in [5.41, 5.74) is 0.781. The second-order valence-corrected chi connectivity index (χ2v) is 7.67. The van der Waals surface area contributed by atoms with E-state index in [4.69, 9.17) is 4.74 Å². The third kappa shape index (κ3) is 4.18. The molecule has 2 heterocycles. The minimum atomic E-state index is -0.507. The van der Waals surface area contributed by atoms with Crippen LogP contribution in [0.25, 0.3) is 10.9 Å². The Morgan fingerprint density at radius 1 is 1.22 bits per heavy atom. The second-order valence-electron chi connectivity index (χ2n) is 7.67. The van der Waals surface area contributed by atoms with E-state index in [1.807, 2.05) is 0 Å². The Bertz CT molecular complexity index is 1240. The molecule has 1 aromatic heterocycles. The smallest absolute Gasteiger partial charge is 0.261 e. The first-order valence-electron chi connectivity index (χ1n) is 10.3. The number of aryl methyl sites for hydroxylation is 1. The molecule has 9 heteroatoms. The number of benzene rings is 2. The minimum Gasteiger partial charge on any atom is -0.497 e. The number of fused-ring (bicyclic) bond motifs is 1. The Balaban J connectivity index is 1.39. The molecule has 1 aliphatic rings. The zero-order valence-corrected chi connectivity index (χ0v) is 17.8. The van der Waals surface area contributed by atoms with Crippen LogP contribution in [0.15, 0.2) is 47.3 Å². The molecule has 1 aliphatic heterocycles. The molecule has 2 amide bonds. The number of halogens is 1. The third-order valence-electron chi connectivity index (χ3n) is 5.62. The lowest BCUT2D eigenvalue weighted by Crippen LogP contribution is -2.36. The Morgan fingerprint density at radius 2 is 1.97 bits per heavy atom. The maximum Gasteiger partial charge on any atom is 0.261 e. The molecule has 3 aromatic rings. The molecule has 1 fully saturated rings. The van der Waals surface area contributed by atoms with Crippen molar-refractivity contribution in [2.75, 3.05) is 25.1 Å². The predicted molar refractivity (Wildman–Crippen MR) is 117 cm³/mol. The number of rotatable bonds is 6. The van der Waals surface area contributed by atoms with Crippen molar-refractivity contribution in [1.29, 1.82) is 0 Å². The largest absolute Gasteiger partial charge is 0.497 e. The molecular formula is C23H23FN4O4. The lowest BCUT2D eigenvalue weighted by Gasteiger charge is -2.17. The molecule has 1 saturated heterocycles. The first-order chi connectivity index (χ1) is 15.4. The molecule has 1 N–H and O–H groups in total. The zero-order chi connectivity index (χ0) is 22.8. The van der Waals surface area contributed by atoms with Crippen LogP contribution in [0.2, 0.25) is 0 Å². The van der Waals surface area contributed by atoms with Crippen LogP contribution < -0.4 is 20.5 Å². The lowest BCUT2D eigenvalue weighted by molar-refractivity contribution is -0.126. The summed E-state index contributed by atoms with van der Waals surface area (Å²) < 4.78 is 20.1. The summed E-state index contributed by atoms with van der Waals surface area (Å²) in [7, 11) is 1.57. The van der Waals surface area contributed by atoms with E-state index >= 15 is 0 Å². The SMILES string of the molecule is COc1ccc(N2CC(C(=O)NCCn3c(C)nc4ccc(F)cc4c3=O)CC2=O)cc1. The van der Waals surface area contributed by atoms with Gasteiger partial charge in [-0.1, -0.05) is 0 Å². The molecule has 32 heavy (non-hydrogen) atoms. The highest BCUT2D eigenvalue weighted by Crippen LogP contribution is 2.26. The van der Waals surface area contributed by atoms with Crippen molar-refractivity contribution in [3.63, 3.8) is 0 Å². The van der Waals surface area contributed by atoms with Crippen LogP contribution in [0.4, 0.5) is 10.1 Å². The number of carbonyl (C=O) groups is 2.